The van der Waals surface area contributed by atoms with Gasteiger partial charge in [-0.1, -0.05) is 6.07 Å². The maximum Gasteiger partial charge on any atom is 0.340 e. The van der Waals surface area contributed by atoms with E-state index < -0.39 is 11.6 Å². The molecule has 0 unspecified atom stereocenters. The van der Waals surface area contributed by atoms with Gasteiger partial charge >= 0.3 is 5.97 Å². The van der Waals surface area contributed by atoms with Gasteiger partial charge in [-0.2, -0.15) is 0 Å². The van der Waals surface area contributed by atoms with E-state index in [9.17, 15) is 9.59 Å². The number of nitrogens with one attached hydrogen (secondary N) is 1. The summed E-state index contributed by atoms with van der Waals surface area (Å²) in [5, 5.41) is 0. The van der Waals surface area contributed by atoms with E-state index in [1.54, 1.807) is 12.1 Å². The van der Waals surface area contributed by atoms with E-state index in [1.165, 1.54) is 0 Å². The Morgan fingerprint density at radius 3 is 2.80 bits per heavy atom. The SMILES string of the molecule is CC(C)(C)OC(=O)c1cccc2[nH]c(CCC=O)nc12. The fourth-order valence-electron chi connectivity index (χ4n) is 1.90. The summed E-state index contributed by atoms with van der Waals surface area (Å²) in [5.41, 5.74) is 1.25. The van der Waals surface area contributed by atoms with Gasteiger partial charge in [0.15, 0.2) is 0 Å². The van der Waals surface area contributed by atoms with Crippen molar-refractivity contribution in [3.8, 4) is 0 Å². The van der Waals surface area contributed by atoms with Crippen LogP contribution in [0.5, 0.6) is 0 Å². The van der Waals surface area contributed by atoms with Crippen LogP contribution in [0, 0.1) is 0 Å². The Kier molecular flexibility index (Phi) is 3.88. The van der Waals surface area contributed by atoms with Crippen LogP contribution in [0.3, 0.4) is 0 Å². The van der Waals surface area contributed by atoms with Crippen molar-refractivity contribution < 1.29 is 14.3 Å². The van der Waals surface area contributed by atoms with Gasteiger partial charge in [0.05, 0.1) is 11.1 Å². The number of fused-ring (bicyclic) bond motifs is 1. The summed E-state index contributed by atoms with van der Waals surface area (Å²) in [6, 6.07) is 5.32. The number of carbonyl (C=O) groups excluding carboxylic acids is 2. The zero-order chi connectivity index (χ0) is 14.8. The molecule has 0 aliphatic carbocycles. The summed E-state index contributed by atoms with van der Waals surface area (Å²) in [5.74, 6) is 0.305. The summed E-state index contributed by atoms with van der Waals surface area (Å²) in [6.45, 7) is 5.47. The Balaban J connectivity index is 2.36. The van der Waals surface area contributed by atoms with Crippen molar-refractivity contribution in [3.05, 3.63) is 29.6 Å². The molecule has 1 heterocycles. The van der Waals surface area contributed by atoms with Gasteiger partial charge in [0.1, 0.15) is 23.2 Å². The highest BCUT2D eigenvalue weighted by Gasteiger charge is 2.20. The van der Waals surface area contributed by atoms with Crippen molar-refractivity contribution in [3.63, 3.8) is 0 Å². The van der Waals surface area contributed by atoms with E-state index in [-0.39, 0.29) is 0 Å². The van der Waals surface area contributed by atoms with Crippen molar-refractivity contribution in [1.29, 1.82) is 0 Å². The number of para-hydroxylation sites is 1. The van der Waals surface area contributed by atoms with Crippen LogP contribution in [0.1, 0.15) is 43.4 Å². The van der Waals surface area contributed by atoms with E-state index in [4.69, 9.17) is 4.74 Å². The Bertz CT molecular complexity index is 638. The molecular formula is C15H18N2O3. The Labute approximate surface area is 117 Å². The van der Waals surface area contributed by atoms with Crippen molar-refractivity contribution in [1.82, 2.24) is 9.97 Å². The number of carbonyl (C=O) groups is 2. The molecular weight excluding hydrogens is 256 g/mol. The highest BCUT2D eigenvalue weighted by molar-refractivity contribution is 6.02. The van der Waals surface area contributed by atoms with Crippen LogP contribution in [0.4, 0.5) is 0 Å². The molecule has 0 aliphatic rings. The molecule has 2 rings (SSSR count). The van der Waals surface area contributed by atoms with Gasteiger partial charge < -0.3 is 14.5 Å². The molecule has 0 aliphatic heterocycles. The number of hydrogen-bond acceptors (Lipinski definition) is 4. The van der Waals surface area contributed by atoms with Gasteiger partial charge in [-0.05, 0) is 32.9 Å². The molecule has 5 nitrogen and oxygen atoms in total. The first-order valence-corrected chi connectivity index (χ1v) is 6.55. The first-order valence-electron chi connectivity index (χ1n) is 6.55. The van der Waals surface area contributed by atoms with E-state index in [0.29, 0.717) is 29.7 Å². The molecule has 0 saturated carbocycles. The van der Waals surface area contributed by atoms with Crippen LogP contribution in [0.15, 0.2) is 18.2 Å². The van der Waals surface area contributed by atoms with Gasteiger partial charge in [-0.15, -0.1) is 0 Å². The Hall–Kier alpha value is -2.17. The largest absolute Gasteiger partial charge is 0.456 e. The van der Waals surface area contributed by atoms with Crippen LogP contribution in [-0.2, 0) is 16.0 Å². The quantitative estimate of drug-likeness (QED) is 0.687. The number of aldehydes is 1. The minimum absolute atomic E-state index is 0.392. The molecule has 2 aromatic rings. The molecule has 0 saturated heterocycles. The Morgan fingerprint density at radius 2 is 2.15 bits per heavy atom. The predicted octanol–water partition coefficient (Wildman–Crippen LogP) is 2.65. The summed E-state index contributed by atoms with van der Waals surface area (Å²) >= 11 is 0. The van der Waals surface area contributed by atoms with E-state index in [0.717, 1.165) is 11.8 Å². The standard InChI is InChI=1S/C15H18N2O3/c1-15(2,3)20-14(19)10-6-4-7-11-13(10)17-12(16-11)8-5-9-18/h4,6-7,9H,5,8H2,1-3H3,(H,16,17). The number of aryl methyl sites for hydroxylation is 1. The minimum atomic E-state index is -0.546. The number of nitrogens with zero attached hydrogens (tertiary/aromatic N) is 1. The van der Waals surface area contributed by atoms with Crippen LogP contribution in [0.2, 0.25) is 0 Å². The average molecular weight is 274 g/mol. The summed E-state index contributed by atoms with van der Waals surface area (Å²) in [4.78, 5) is 30.1. The van der Waals surface area contributed by atoms with Gasteiger partial charge in [-0.25, -0.2) is 9.78 Å². The van der Waals surface area contributed by atoms with Crippen molar-refractivity contribution in [2.75, 3.05) is 0 Å². The van der Waals surface area contributed by atoms with Crippen molar-refractivity contribution >= 4 is 23.3 Å². The molecule has 0 atom stereocenters. The molecule has 0 spiro atoms. The van der Waals surface area contributed by atoms with Gasteiger partial charge in [0.25, 0.3) is 0 Å². The number of benzene rings is 1. The third-order valence-corrected chi connectivity index (χ3v) is 2.68. The zero-order valence-corrected chi connectivity index (χ0v) is 11.9. The summed E-state index contributed by atoms with van der Waals surface area (Å²) in [7, 11) is 0. The molecule has 0 radical (unpaired) electrons. The minimum Gasteiger partial charge on any atom is -0.456 e. The molecule has 0 bridgehead atoms. The monoisotopic (exact) mass is 274 g/mol. The topological polar surface area (TPSA) is 72.1 Å². The highest BCUT2D eigenvalue weighted by atomic mass is 16.6. The smallest absolute Gasteiger partial charge is 0.340 e. The molecule has 5 heteroatoms. The number of rotatable bonds is 4. The number of esters is 1. The molecule has 1 aromatic carbocycles. The number of hydrogen-bond donors (Lipinski definition) is 1. The number of aromatic nitrogens is 2. The Morgan fingerprint density at radius 1 is 1.40 bits per heavy atom. The zero-order valence-electron chi connectivity index (χ0n) is 11.9. The molecule has 0 amide bonds. The van der Waals surface area contributed by atoms with Crippen molar-refractivity contribution in [2.45, 2.75) is 39.2 Å². The second-order valence-electron chi connectivity index (χ2n) is 5.59. The second-order valence-corrected chi connectivity index (χ2v) is 5.59. The second kappa shape index (κ2) is 5.45. The van der Waals surface area contributed by atoms with Crippen LogP contribution < -0.4 is 0 Å². The third kappa shape index (κ3) is 3.23. The number of imidazole rings is 1. The highest BCUT2D eigenvalue weighted by Crippen LogP contribution is 2.20. The van der Waals surface area contributed by atoms with Gasteiger partial charge in [0.2, 0.25) is 0 Å². The van der Waals surface area contributed by atoms with Crippen LogP contribution in [-0.4, -0.2) is 27.8 Å². The lowest BCUT2D eigenvalue weighted by atomic mass is 10.1. The van der Waals surface area contributed by atoms with E-state index in [1.807, 2.05) is 26.8 Å². The molecule has 106 valence electrons. The fraction of sp³-hybridized carbons (Fsp3) is 0.400. The molecule has 0 fully saturated rings. The predicted molar refractivity (Wildman–Crippen MR) is 75.6 cm³/mol. The summed E-state index contributed by atoms with van der Waals surface area (Å²) < 4.78 is 5.37. The normalized spacial score (nSPS) is 11.6. The van der Waals surface area contributed by atoms with E-state index in [2.05, 4.69) is 9.97 Å². The van der Waals surface area contributed by atoms with Gasteiger partial charge in [-0.3, -0.25) is 0 Å². The first-order chi connectivity index (χ1) is 9.40. The lowest BCUT2D eigenvalue weighted by Crippen LogP contribution is -2.24. The third-order valence-electron chi connectivity index (χ3n) is 2.68. The lowest BCUT2D eigenvalue weighted by molar-refractivity contribution is -0.107. The number of H-pyrrole nitrogens is 1. The maximum absolute atomic E-state index is 12.2. The fourth-order valence-corrected chi connectivity index (χ4v) is 1.90. The van der Waals surface area contributed by atoms with Gasteiger partial charge in [0, 0.05) is 12.8 Å². The molecule has 20 heavy (non-hydrogen) atoms. The molecule has 1 aromatic heterocycles. The average Bonchev–Trinajstić information content (AvgIpc) is 2.76. The maximum atomic E-state index is 12.2. The van der Waals surface area contributed by atoms with Crippen LogP contribution in [0.25, 0.3) is 11.0 Å². The van der Waals surface area contributed by atoms with Crippen molar-refractivity contribution in [2.24, 2.45) is 0 Å². The van der Waals surface area contributed by atoms with Crippen LogP contribution >= 0.6 is 0 Å². The summed E-state index contributed by atoms with van der Waals surface area (Å²) in [6.07, 6.45) is 1.79. The number of ether oxygens (including phenoxy) is 1. The number of aromatic amines is 1. The first kappa shape index (κ1) is 14.2. The van der Waals surface area contributed by atoms with E-state index >= 15 is 0 Å². The molecule has 1 N–H and O–H groups in total. The lowest BCUT2D eigenvalue weighted by Gasteiger charge is -2.19.